The van der Waals surface area contributed by atoms with Gasteiger partial charge in [0.2, 0.25) is 0 Å². The molecule has 0 aliphatic heterocycles. The van der Waals surface area contributed by atoms with E-state index in [-0.39, 0.29) is 11.7 Å². The van der Waals surface area contributed by atoms with Crippen molar-refractivity contribution in [2.24, 2.45) is 5.92 Å². The van der Waals surface area contributed by atoms with E-state index >= 15 is 0 Å². The third-order valence-corrected chi connectivity index (χ3v) is 4.28. The van der Waals surface area contributed by atoms with Crippen LogP contribution in [-0.2, 0) is 6.42 Å². The van der Waals surface area contributed by atoms with Crippen molar-refractivity contribution >= 4 is 17.7 Å². The van der Waals surface area contributed by atoms with Crippen molar-refractivity contribution in [2.75, 3.05) is 12.3 Å². The van der Waals surface area contributed by atoms with Gasteiger partial charge in [0.05, 0.1) is 0 Å². The normalized spacial score (nSPS) is 11.0. The minimum absolute atomic E-state index is 0.150. The molecule has 6 heteroatoms. The lowest BCUT2D eigenvalue weighted by atomic mass is 10.1. The van der Waals surface area contributed by atoms with E-state index in [9.17, 15) is 9.18 Å². The highest BCUT2D eigenvalue weighted by molar-refractivity contribution is 7.99. The van der Waals surface area contributed by atoms with E-state index in [1.165, 1.54) is 12.1 Å². The average molecular weight is 335 g/mol. The fourth-order valence-corrected chi connectivity index (χ4v) is 2.96. The van der Waals surface area contributed by atoms with Gasteiger partial charge in [-0.05, 0) is 54.8 Å². The molecule has 0 fully saturated rings. The zero-order valence-corrected chi connectivity index (χ0v) is 14.3. The Morgan fingerprint density at radius 2 is 2.09 bits per heavy atom. The summed E-state index contributed by atoms with van der Waals surface area (Å²) in [7, 11) is 0. The van der Waals surface area contributed by atoms with E-state index in [0.717, 1.165) is 29.2 Å². The van der Waals surface area contributed by atoms with Crippen LogP contribution in [0.1, 0.15) is 36.5 Å². The van der Waals surface area contributed by atoms with Crippen LogP contribution in [0.25, 0.3) is 0 Å². The topological polar surface area (TPSA) is 57.8 Å². The molecule has 124 valence electrons. The maximum absolute atomic E-state index is 12.8. The third-order valence-electron chi connectivity index (χ3n) is 3.18. The van der Waals surface area contributed by atoms with E-state index in [1.807, 2.05) is 6.07 Å². The predicted molar refractivity (Wildman–Crippen MR) is 91.2 cm³/mol. The van der Waals surface area contributed by atoms with Crippen molar-refractivity contribution in [2.45, 2.75) is 31.6 Å². The Kier molecular flexibility index (Phi) is 6.65. The molecule has 0 aliphatic rings. The minimum Gasteiger partial charge on any atom is -0.351 e. The van der Waals surface area contributed by atoms with E-state index in [2.05, 4.69) is 29.4 Å². The fourth-order valence-electron chi connectivity index (χ4n) is 2.11. The highest BCUT2D eigenvalue weighted by Gasteiger charge is 2.10. The molecule has 0 aliphatic carbocycles. The number of carbonyl (C=O) groups excluding carboxylic acids is 1. The molecule has 0 unspecified atom stereocenters. The van der Waals surface area contributed by atoms with Crippen LogP contribution in [0, 0.1) is 11.7 Å². The highest BCUT2D eigenvalue weighted by Crippen LogP contribution is 2.18. The second kappa shape index (κ2) is 8.72. The molecule has 1 aromatic carbocycles. The summed E-state index contributed by atoms with van der Waals surface area (Å²) in [5, 5.41) is 9.81. The lowest BCUT2D eigenvalue weighted by Gasteiger charge is -2.03. The summed E-state index contributed by atoms with van der Waals surface area (Å²) < 4.78 is 12.8. The maximum Gasteiger partial charge on any atom is 0.271 e. The van der Waals surface area contributed by atoms with Crippen molar-refractivity contribution in [3.8, 4) is 0 Å². The number of nitrogens with one attached hydrogen (secondary N) is 2. The van der Waals surface area contributed by atoms with E-state index < -0.39 is 0 Å². The smallest absolute Gasteiger partial charge is 0.271 e. The van der Waals surface area contributed by atoms with E-state index in [0.29, 0.717) is 18.2 Å². The Balaban J connectivity index is 1.66. The Hall–Kier alpha value is -1.82. The number of aromatic nitrogens is 2. The van der Waals surface area contributed by atoms with Crippen LogP contribution in [-0.4, -0.2) is 28.4 Å². The first kappa shape index (κ1) is 17.5. The van der Waals surface area contributed by atoms with Crippen molar-refractivity contribution in [3.63, 3.8) is 0 Å². The van der Waals surface area contributed by atoms with Crippen LogP contribution in [0.5, 0.6) is 0 Å². The lowest BCUT2D eigenvalue weighted by Crippen LogP contribution is -2.25. The molecule has 1 amide bonds. The van der Waals surface area contributed by atoms with Crippen LogP contribution in [0.15, 0.2) is 35.2 Å². The van der Waals surface area contributed by atoms with Crippen molar-refractivity contribution < 1.29 is 9.18 Å². The number of H-pyrrole nitrogens is 1. The quantitative estimate of drug-likeness (QED) is 0.572. The molecule has 0 bridgehead atoms. The van der Waals surface area contributed by atoms with E-state index in [4.69, 9.17) is 0 Å². The summed E-state index contributed by atoms with van der Waals surface area (Å²) in [4.78, 5) is 13.0. The zero-order valence-electron chi connectivity index (χ0n) is 13.4. The molecule has 1 aromatic heterocycles. The molecule has 2 N–H and O–H groups in total. The van der Waals surface area contributed by atoms with E-state index in [1.54, 1.807) is 23.9 Å². The molecule has 0 saturated heterocycles. The van der Waals surface area contributed by atoms with Gasteiger partial charge in [-0.1, -0.05) is 13.8 Å². The molecule has 2 aromatic rings. The molecule has 1 heterocycles. The van der Waals surface area contributed by atoms with Crippen LogP contribution in [0.4, 0.5) is 4.39 Å². The van der Waals surface area contributed by atoms with Crippen molar-refractivity contribution in [1.29, 1.82) is 0 Å². The summed E-state index contributed by atoms with van der Waals surface area (Å²) in [5.41, 5.74) is 1.42. The highest BCUT2D eigenvalue weighted by atomic mass is 32.2. The second-order valence-electron chi connectivity index (χ2n) is 5.79. The molecular formula is C17H22FN3OS. The lowest BCUT2D eigenvalue weighted by molar-refractivity contribution is 0.0949. The van der Waals surface area contributed by atoms with Gasteiger partial charge >= 0.3 is 0 Å². The fraction of sp³-hybridized carbons (Fsp3) is 0.412. The molecule has 0 radical (unpaired) electrons. The van der Waals surface area contributed by atoms with Gasteiger partial charge in [-0.25, -0.2) is 4.39 Å². The molecule has 2 rings (SSSR count). The number of halogens is 1. The summed E-state index contributed by atoms with van der Waals surface area (Å²) >= 11 is 1.65. The summed E-state index contributed by atoms with van der Waals surface area (Å²) in [6.45, 7) is 4.85. The maximum atomic E-state index is 12.8. The van der Waals surface area contributed by atoms with Crippen LogP contribution < -0.4 is 5.32 Å². The summed E-state index contributed by atoms with van der Waals surface area (Å²) in [6, 6.07) is 8.24. The molecule has 4 nitrogen and oxygen atoms in total. The summed E-state index contributed by atoms with van der Waals surface area (Å²) in [6.07, 6.45) is 1.73. The molecular weight excluding hydrogens is 313 g/mol. The Labute approximate surface area is 140 Å². The first-order chi connectivity index (χ1) is 11.0. The minimum atomic E-state index is -0.225. The van der Waals surface area contributed by atoms with Crippen LogP contribution in [0.3, 0.4) is 0 Å². The van der Waals surface area contributed by atoms with Gasteiger partial charge in [0.15, 0.2) is 0 Å². The van der Waals surface area contributed by atoms with Gasteiger partial charge in [-0.2, -0.15) is 5.10 Å². The number of thioether (sulfide) groups is 1. The number of hydrogen-bond donors (Lipinski definition) is 2. The SMILES string of the molecule is CC(C)Cc1cc(C(=O)NCCCSc2ccc(F)cc2)n[nH]1. The number of nitrogens with zero attached hydrogens (tertiary/aromatic N) is 1. The number of amides is 1. The molecule has 23 heavy (non-hydrogen) atoms. The average Bonchev–Trinajstić information content (AvgIpc) is 2.96. The van der Waals surface area contributed by atoms with Crippen LogP contribution >= 0.6 is 11.8 Å². The van der Waals surface area contributed by atoms with Gasteiger partial charge in [-0.3, -0.25) is 9.89 Å². The van der Waals surface area contributed by atoms with Gasteiger partial charge in [0.25, 0.3) is 5.91 Å². The molecule has 0 saturated carbocycles. The number of carbonyl (C=O) groups is 1. The number of rotatable bonds is 8. The number of aromatic amines is 1. The Morgan fingerprint density at radius 1 is 1.35 bits per heavy atom. The first-order valence-corrected chi connectivity index (χ1v) is 8.74. The third kappa shape index (κ3) is 6.06. The number of hydrogen-bond acceptors (Lipinski definition) is 3. The van der Waals surface area contributed by atoms with Crippen LogP contribution in [0.2, 0.25) is 0 Å². The number of benzene rings is 1. The first-order valence-electron chi connectivity index (χ1n) is 7.75. The van der Waals surface area contributed by atoms with Gasteiger partial charge in [0, 0.05) is 17.1 Å². The molecule has 0 atom stereocenters. The van der Waals surface area contributed by atoms with Gasteiger partial charge in [-0.15, -0.1) is 11.8 Å². The largest absolute Gasteiger partial charge is 0.351 e. The Bertz CT molecular complexity index is 625. The monoisotopic (exact) mass is 335 g/mol. The molecule has 0 spiro atoms. The predicted octanol–water partition coefficient (Wildman–Crippen LogP) is 3.66. The van der Waals surface area contributed by atoms with Crippen molar-refractivity contribution in [3.05, 3.63) is 47.5 Å². The van der Waals surface area contributed by atoms with Crippen molar-refractivity contribution in [1.82, 2.24) is 15.5 Å². The second-order valence-corrected chi connectivity index (χ2v) is 6.96. The Morgan fingerprint density at radius 3 is 2.78 bits per heavy atom. The zero-order chi connectivity index (χ0) is 16.7. The van der Waals surface area contributed by atoms with Gasteiger partial charge < -0.3 is 5.32 Å². The summed E-state index contributed by atoms with van der Waals surface area (Å²) in [5.74, 6) is 1.01. The standard InChI is InChI=1S/C17H22FN3OS/c1-12(2)10-14-11-16(21-20-14)17(22)19-8-3-9-23-15-6-4-13(18)5-7-15/h4-7,11-12H,3,8-10H2,1-2H3,(H,19,22)(H,20,21). The van der Waals surface area contributed by atoms with Gasteiger partial charge in [0.1, 0.15) is 11.5 Å².